The molecule has 1 aromatic heterocycles. The van der Waals surface area contributed by atoms with Gasteiger partial charge in [-0.15, -0.1) is 11.3 Å². The van der Waals surface area contributed by atoms with Crippen LogP contribution in [-0.4, -0.2) is 36.7 Å². The minimum absolute atomic E-state index is 0.144. The normalized spacial score (nSPS) is 28.4. The Morgan fingerprint density at radius 3 is 2.84 bits per heavy atom. The van der Waals surface area contributed by atoms with E-state index in [0.717, 1.165) is 30.5 Å². The highest BCUT2D eigenvalue weighted by Gasteiger charge is 2.58. The fraction of sp³-hybridized carbons (Fsp3) is 0.789. The zero-order valence-electron chi connectivity index (χ0n) is 16.3. The van der Waals surface area contributed by atoms with E-state index in [0.29, 0.717) is 24.0 Å². The van der Waals surface area contributed by atoms with Crippen molar-refractivity contribution in [2.24, 2.45) is 16.3 Å². The Labute approximate surface area is 155 Å². The third-order valence-electron chi connectivity index (χ3n) is 5.68. The van der Waals surface area contributed by atoms with Crippen LogP contribution in [0.3, 0.4) is 0 Å². The molecule has 1 aliphatic heterocycles. The molecule has 3 unspecified atom stereocenters. The number of ether oxygens (including phenoxy) is 1. The number of hydrogen-bond acceptors (Lipinski definition) is 4. The highest BCUT2D eigenvalue weighted by atomic mass is 32.1. The number of nitrogens with zero attached hydrogens (tertiary/aromatic N) is 2. The van der Waals surface area contributed by atoms with Crippen molar-refractivity contribution in [3.63, 3.8) is 0 Å². The maximum absolute atomic E-state index is 6.00. The topological polar surface area (TPSA) is 58.5 Å². The van der Waals surface area contributed by atoms with E-state index in [4.69, 9.17) is 9.72 Å². The van der Waals surface area contributed by atoms with Crippen LogP contribution in [0.25, 0.3) is 0 Å². The lowest BCUT2D eigenvalue weighted by Gasteiger charge is -2.60. The summed E-state index contributed by atoms with van der Waals surface area (Å²) in [4.78, 5) is 10.5. The molecular formula is C19H32N4OS. The van der Waals surface area contributed by atoms with Crippen LogP contribution in [0.1, 0.15) is 62.0 Å². The molecule has 1 saturated heterocycles. The molecule has 140 valence electrons. The molecule has 25 heavy (non-hydrogen) atoms. The zero-order chi connectivity index (χ0) is 18.2. The number of hydrogen-bond donors (Lipinski definition) is 2. The van der Waals surface area contributed by atoms with Crippen molar-refractivity contribution in [2.45, 2.75) is 72.1 Å². The summed E-state index contributed by atoms with van der Waals surface area (Å²) in [7, 11) is 1.84. The molecule has 6 heteroatoms. The molecule has 2 heterocycles. The Balaban J connectivity index is 1.59. The molecule has 1 aliphatic carbocycles. The molecule has 2 fully saturated rings. The lowest BCUT2D eigenvalue weighted by Crippen LogP contribution is -2.70. The third kappa shape index (κ3) is 3.56. The van der Waals surface area contributed by atoms with E-state index in [1.54, 1.807) is 11.3 Å². The summed E-state index contributed by atoms with van der Waals surface area (Å²) >= 11 is 1.78. The van der Waals surface area contributed by atoms with Gasteiger partial charge in [-0.2, -0.15) is 0 Å². The molecule has 0 spiro atoms. The van der Waals surface area contributed by atoms with Gasteiger partial charge in [0.25, 0.3) is 0 Å². The first kappa shape index (κ1) is 18.6. The van der Waals surface area contributed by atoms with Gasteiger partial charge in [0.15, 0.2) is 5.96 Å². The zero-order valence-corrected chi connectivity index (χ0v) is 17.2. The number of nitrogens with one attached hydrogen (secondary N) is 2. The van der Waals surface area contributed by atoms with Crippen LogP contribution >= 0.6 is 11.3 Å². The van der Waals surface area contributed by atoms with Gasteiger partial charge >= 0.3 is 0 Å². The lowest BCUT2D eigenvalue weighted by atomic mass is 9.55. The van der Waals surface area contributed by atoms with Gasteiger partial charge in [-0.1, -0.05) is 27.7 Å². The summed E-state index contributed by atoms with van der Waals surface area (Å²) < 4.78 is 6.00. The van der Waals surface area contributed by atoms with Crippen LogP contribution in [-0.2, 0) is 11.3 Å². The molecule has 3 atom stereocenters. The van der Waals surface area contributed by atoms with Crippen molar-refractivity contribution in [1.29, 1.82) is 0 Å². The van der Waals surface area contributed by atoms with Crippen molar-refractivity contribution < 1.29 is 4.74 Å². The van der Waals surface area contributed by atoms with Crippen molar-refractivity contribution in [3.05, 3.63) is 15.6 Å². The molecule has 1 aromatic rings. The van der Waals surface area contributed by atoms with Crippen molar-refractivity contribution >= 4 is 17.3 Å². The Morgan fingerprint density at radius 2 is 2.20 bits per heavy atom. The largest absolute Gasteiger partial charge is 0.377 e. The number of guanidine groups is 1. The van der Waals surface area contributed by atoms with Crippen LogP contribution in [0.2, 0.25) is 0 Å². The van der Waals surface area contributed by atoms with Gasteiger partial charge in [-0.05, 0) is 25.7 Å². The van der Waals surface area contributed by atoms with E-state index in [9.17, 15) is 0 Å². The standard InChI is InChI=1S/C19H32N4OS/c1-11(2)15-12(3)25-14(22-15)10-21-18(20-6)23-16-13-8-7-9-24-17(13)19(16,4)5/h11,13,16-17H,7-10H2,1-6H3,(H2,20,21,23). The highest BCUT2D eigenvalue weighted by Crippen LogP contribution is 2.51. The monoisotopic (exact) mass is 364 g/mol. The van der Waals surface area contributed by atoms with Crippen LogP contribution in [0.5, 0.6) is 0 Å². The predicted molar refractivity (Wildman–Crippen MR) is 104 cm³/mol. The maximum Gasteiger partial charge on any atom is 0.191 e. The summed E-state index contributed by atoms with van der Waals surface area (Å²) in [6, 6.07) is 0.410. The molecule has 2 aliphatic rings. The second-order valence-corrected chi connectivity index (χ2v) is 9.46. The summed E-state index contributed by atoms with van der Waals surface area (Å²) in [5.41, 5.74) is 1.36. The summed E-state index contributed by atoms with van der Waals surface area (Å²) in [6.07, 6.45) is 2.79. The molecule has 0 radical (unpaired) electrons. The summed E-state index contributed by atoms with van der Waals surface area (Å²) in [5, 5.41) is 8.21. The molecule has 0 amide bonds. The van der Waals surface area contributed by atoms with Crippen LogP contribution in [0, 0.1) is 18.3 Å². The molecule has 1 saturated carbocycles. The number of aliphatic imine (C=N–C) groups is 1. The Morgan fingerprint density at radius 1 is 1.44 bits per heavy atom. The number of fused-ring (bicyclic) bond motifs is 1. The molecule has 3 rings (SSSR count). The smallest absolute Gasteiger partial charge is 0.191 e. The molecule has 0 aromatic carbocycles. The van der Waals surface area contributed by atoms with Crippen molar-refractivity contribution in [3.8, 4) is 0 Å². The first-order valence-corrected chi connectivity index (χ1v) is 10.2. The van der Waals surface area contributed by atoms with Gasteiger partial charge in [0.2, 0.25) is 0 Å². The van der Waals surface area contributed by atoms with E-state index < -0.39 is 0 Å². The first-order chi connectivity index (χ1) is 11.8. The minimum Gasteiger partial charge on any atom is -0.377 e. The minimum atomic E-state index is 0.144. The van der Waals surface area contributed by atoms with Gasteiger partial charge in [0, 0.05) is 35.9 Å². The van der Waals surface area contributed by atoms with Gasteiger partial charge in [0.05, 0.1) is 18.3 Å². The maximum atomic E-state index is 6.00. The first-order valence-electron chi connectivity index (χ1n) is 9.39. The van der Waals surface area contributed by atoms with Crippen LogP contribution < -0.4 is 10.6 Å². The van der Waals surface area contributed by atoms with Crippen molar-refractivity contribution in [1.82, 2.24) is 15.6 Å². The second kappa shape index (κ2) is 7.23. The van der Waals surface area contributed by atoms with Gasteiger partial charge in [-0.25, -0.2) is 4.98 Å². The fourth-order valence-corrected chi connectivity index (χ4v) is 5.42. The SMILES string of the molecule is CN=C(NCc1nc(C(C)C)c(C)s1)NC1C2CCCOC2C1(C)C. The Bertz CT molecular complexity index is 637. The Hall–Kier alpha value is -1.14. The molecule has 5 nitrogen and oxygen atoms in total. The van der Waals surface area contributed by atoms with E-state index in [2.05, 4.69) is 50.2 Å². The molecule has 2 N–H and O–H groups in total. The van der Waals surface area contributed by atoms with Gasteiger partial charge in [0.1, 0.15) is 5.01 Å². The van der Waals surface area contributed by atoms with E-state index in [1.165, 1.54) is 17.0 Å². The van der Waals surface area contributed by atoms with Gasteiger partial charge in [-0.3, -0.25) is 4.99 Å². The highest BCUT2D eigenvalue weighted by molar-refractivity contribution is 7.11. The van der Waals surface area contributed by atoms with E-state index in [-0.39, 0.29) is 5.41 Å². The van der Waals surface area contributed by atoms with E-state index >= 15 is 0 Å². The number of aryl methyl sites for hydroxylation is 1. The third-order valence-corrected chi connectivity index (χ3v) is 6.66. The Kier molecular flexibility index (Phi) is 5.40. The number of thiazole rings is 1. The second-order valence-electron chi connectivity index (χ2n) is 8.17. The fourth-order valence-electron chi connectivity index (χ4n) is 4.39. The molecule has 0 bridgehead atoms. The average molecular weight is 365 g/mol. The lowest BCUT2D eigenvalue weighted by molar-refractivity contribution is -0.188. The van der Waals surface area contributed by atoms with Gasteiger partial charge < -0.3 is 15.4 Å². The number of aromatic nitrogens is 1. The molecular weight excluding hydrogens is 332 g/mol. The quantitative estimate of drug-likeness (QED) is 0.635. The summed E-state index contributed by atoms with van der Waals surface area (Å²) in [5.74, 6) is 1.93. The van der Waals surface area contributed by atoms with E-state index in [1.807, 2.05) is 7.05 Å². The number of rotatable bonds is 4. The van der Waals surface area contributed by atoms with Crippen molar-refractivity contribution in [2.75, 3.05) is 13.7 Å². The van der Waals surface area contributed by atoms with Crippen LogP contribution in [0.4, 0.5) is 0 Å². The summed E-state index contributed by atoms with van der Waals surface area (Å²) in [6.45, 7) is 12.8. The predicted octanol–water partition coefficient (Wildman–Crippen LogP) is 3.44. The average Bonchev–Trinajstić information content (AvgIpc) is 2.96. The van der Waals surface area contributed by atoms with Crippen LogP contribution in [0.15, 0.2) is 4.99 Å².